The first-order chi connectivity index (χ1) is 15.5. The molecule has 1 aromatic heterocycles. The number of hydrogen-bond donors (Lipinski definition) is 1. The molecule has 0 spiro atoms. The van der Waals surface area contributed by atoms with Crippen molar-refractivity contribution in [1.29, 1.82) is 0 Å². The van der Waals surface area contributed by atoms with Crippen LogP contribution in [-0.4, -0.2) is 47.1 Å². The quantitative estimate of drug-likeness (QED) is 0.429. The summed E-state index contributed by atoms with van der Waals surface area (Å²) in [5.74, 6) is -0.0959. The van der Waals surface area contributed by atoms with Crippen LogP contribution in [0, 0.1) is 0 Å². The molecule has 1 fully saturated rings. The first kappa shape index (κ1) is 22.2. The van der Waals surface area contributed by atoms with Crippen molar-refractivity contribution in [2.75, 3.05) is 19.0 Å². The molecule has 2 heterocycles. The molecule has 0 aliphatic carbocycles. The summed E-state index contributed by atoms with van der Waals surface area (Å²) < 4.78 is 36.0. The van der Waals surface area contributed by atoms with E-state index in [1.165, 1.54) is 28.8 Å². The van der Waals surface area contributed by atoms with Gasteiger partial charge in [0.05, 0.1) is 22.3 Å². The van der Waals surface area contributed by atoms with Gasteiger partial charge in [-0.2, -0.15) is 8.78 Å². The van der Waals surface area contributed by atoms with Crippen molar-refractivity contribution in [2.45, 2.75) is 30.7 Å². The predicted octanol–water partition coefficient (Wildman–Crippen LogP) is 3.37. The van der Waals surface area contributed by atoms with Gasteiger partial charge in [-0.05, 0) is 49.2 Å². The van der Waals surface area contributed by atoms with E-state index in [0.717, 1.165) is 24.6 Å². The smallest absolute Gasteiger partial charge is 0.387 e. The SMILES string of the molecule is O=C(CSc1nc2ccccc2c(=O)n1-c1ccc(OC(F)F)cc1)NC1CCOCC1. The van der Waals surface area contributed by atoms with E-state index in [4.69, 9.17) is 4.74 Å². The number of amides is 1. The molecule has 3 aromatic rings. The normalized spacial score (nSPS) is 14.6. The summed E-state index contributed by atoms with van der Waals surface area (Å²) in [6, 6.07) is 12.7. The molecule has 7 nitrogen and oxygen atoms in total. The summed E-state index contributed by atoms with van der Waals surface area (Å²) in [5.41, 5.74) is 0.631. The second-order valence-corrected chi connectivity index (χ2v) is 8.11. The molecule has 2 aromatic carbocycles. The lowest BCUT2D eigenvalue weighted by Crippen LogP contribution is -2.39. The number of thioether (sulfide) groups is 1. The summed E-state index contributed by atoms with van der Waals surface area (Å²) >= 11 is 1.14. The Morgan fingerprint density at radius 2 is 1.91 bits per heavy atom. The van der Waals surface area contributed by atoms with E-state index in [2.05, 4.69) is 15.0 Å². The van der Waals surface area contributed by atoms with E-state index < -0.39 is 6.61 Å². The number of alkyl halides is 2. The third-order valence-electron chi connectivity index (χ3n) is 4.98. The van der Waals surface area contributed by atoms with E-state index in [0.29, 0.717) is 35.0 Å². The zero-order valence-electron chi connectivity index (χ0n) is 17.0. The van der Waals surface area contributed by atoms with E-state index in [1.807, 2.05) is 0 Å². The molecular formula is C22H21F2N3O4S. The largest absolute Gasteiger partial charge is 0.435 e. The fourth-order valence-electron chi connectivity index (χ4n) is 3.45. The summed E-state index contributed by atoms with van der Waals surface area (Å²) in [7, 11) is 0. The average Bonchev–Trinajstić information content (AvgIpc) is 2.79. The van der Waals surface area contributed by atoms with Gasteiger partial charge in [-0.1, -0.05) is 23.9 Å². The van der Waals surface area contributed by atoms with Gasteiger partial charge in [0.25, 0.3) is 5.56 Å². The zero-order chi connectivity index (χ0) is 22.5. The number of hydrogen-bond acceptors (Lipinski definition) is 6. The number of fused-ring (bicyclic) bond motifs is 1. The molecule has 1 N–H and O–H groups in total. The minimum atomic E-state index is -2.94. The highest BCUT2D eigenvalue weighted by atomic mass is 32.2. The fourth-order valence-corrected chi connectivity index (χ4v) is 4.28. The topological polar surface area (TPSA) is 82.5 Å². The highest BCUT2D eigenvalue weighted by Crippen LogP contribution is 2.23. The van der Waals surface area contributed by atoms with Crippen molar-refractivity contribution in [3.05, 3.63) is 58.9 Å². The van der Waals surface area contributed by atoms with E-state index in [1.54, 1.807) is 24.3 Å². The number of nitrogens with one attached hydrogen (secondary N) is 1. The molecule has 32 heavy (non-hydrogen) atoms. The Hall–Kier alpha value is -2.98. The van der Waals surface area contributed by atoms with Gasteiger partial charge in [-0.3, -0.25) is 14.2 Å². The molecule has 168 valence electrons. The predicted molar refractivity (Wildman–Crippen MR) is 117 cm³/mol. The Kier molecular flexibility index (Phi) is 7.01. The average molecular weight is 461 g/mol. The van der Waals surface area contributed by atoms with Crippen LogP contribution in [0.15, 0.2) is 58.5 Å². The second-order valence-electron chi connectivity index (χ2n) is 7.17. The molecule has 1 amide bonds. The van der Waals surface area contributed by atoms with Crippen LogP contribution in [0.2, 0.25) is 0 Å². The van der Waals surface area contributed by atoms with Gasteiger partial charge in [0.2, 0.25) is 5.91 Å². The van der Waals surface area contributed by atoms with Gasteiger partial charge in [-0.15, -0.1) is 0 Å². The maximum absolute atomic E-state index is 13.2. The Balaban J connectivity index is 1.62. The lowest BCUT2D eigenvalue weighted by molar-refractivity contribution is -0.119. The lowest BCUT2D eigenvalue weighted by atomic mass is 10.1. The van der Waals surface area contributed by atoms with Gasteiger partial charge in [0.1, 0.15) is 5.75 Å². The number of halogens is 2. The van der Waals surface area contributed by atoms with Gasteiger partial charge in [-0.25, -0.2) is 4.98 Å². The molecule has 0 atom stereocenters. The van der Waals surface area contributed by atoms with Crippen LogP contribution < -0.4 is 15.6 Å². The first-order valence-corrected chi connectivity index (χ1v) is 11.1. The van der Waals surface area contributed by atoms with E-state index in [-0.39, 0.29) is 29.0 Å². The van der Waals surface area contributed by atoms with Crippen LogP contribution in [0.5, 0.6) is 5.75 Å². The van der Waals surface area contributed by atoms with Gasteiger partial charge in [0, 0.05) is 19.3 Å². The Bertz CT molecular complexity index is 1150. The van der Waals surface area contributed by atoms with Crippen molar-refractivity contribution in [3.8, 4) is 11.4 Å². The number of rotatable bonds is 7. The maximum Gasteiger partial charge on any atom is 0.387 e. The molecule has 1 aliphatic heterocycles. The maximum atomic E-state index is 13.2. The molecule has 0 saturated carbocycles. The van der Waals surface area contributed by atoms with Crippen molar-refractivity contribution < 1.29 is 23.0 Å². The molecule has 1 aliphatic rings. The number of ether oxygens (including phenoxy) is 2. The van der Waals surface area contributed by atoms with E-state index >= 15 is 0 Å². The van der Waals surface area contributed by atoms with Crippen LogP contribution in [0.1, 0.15) is 12.8 Å². The monoisotopic (exact) mass is 461 g/mol. The first-order valence-electron chi connectivity index (χ1n) is 10.1. The van der Waals surface area contributed by atoms with Crippen LogP contribution in [-0.2, 0) is 9.53 Å². The number of nitrogens with zero attached hydrogens (tertiary/aromatic N) is 2. The Labute approximate surface area is 186 Å². The van der Waals surface area contributed by atoms with Crippen molar-refractivity contribution in [3.63, 3.8) is 0 Å². The van der Waals surface area contributed by atoms with Crippen molar-refractivity contribution in [2.24, 2.45) is 0 Å². The molecule has 0 bridgehead atoms. The molecule has 10 heteroatoms. The minimum Gasteiger partial charge on any atom is -0.435 e. The van der Waals surface area contributed by atoms with Crippen molar-refractivity contribution >= 4 is 28.6 Å². The minimum absolute atomic E-state index is 0.0180. The Morgan fingerprint density at radius 1 is 1.19 bits per heavy atom. The highest BCUT2D eigenvalue weighted by Gasteiger charge is 2.18. The number of para-hydroxylation sites is 1. The molecular weight excluding hydrogens is 440 g/mol. The van der Waals surface area contributed by atoms with Gasteiger partial charge < -0.3 is 14.8 Å². The highest BCUT2D eigenvalue weighted by molar-refractivity contribution is 7.99. The zero-order valence-corrected chi connectivity index (χ0v) is 17.8. The number of benzene rings is 2. The van der Waals surface area contributed by atoms with E-state index in [9.17, 15) is 18.4 Å². The molecule has 1 saturated heterocycles. The molecule has 0 unspecified atom stereocenters. The van der Waals surface area contributed by atoms with Gasteiger partial charge in [0.15, 0.2) is 5.16 Å². The fraction of sp³-hybridized carbons (Fsp3) is 0.318. The summed E-state index contributed by atoms with van der Waals surface area (Å²) in [6.45, 7) is -1.70. The number of aromatic nitrogens is 2. The Morgan fingerprint density at radius 3 is 2.62 bits per heavy atom. The summed E-state index contributed by atoms with van der Waals surface area (Å²) in [6.07, 6.45) is 1.53. The lowest BCUT2D eigenvalue weighted by Gasteiger charge is -2.23. The summed E-state index contributed by atoms with van der Waals surface area (Å²) in [5, 5.41) is 3.73. The van der Waals surface area contributed by atoms with Crippen LogP contribution in [0.4, 0.5) is 8.78 Å². The van der Waals surface area contributed by atoms with Crippen molar-refractivity contribution in [1.82, 2.24) is 14.9 Å². The third-order valence-corrected chi connectivity index (χ3v) is 5.92. The second kappa shape index (κ2) is 10.1. The molecule has 0 radical (unpaired) electrons. The molecule has 4 rings (SSSR count). The standard InChI is InChI=1S/C22H21F2N3O4S/c23-21(24)31-16-7-5-15(6-8-16)27-20(29)17-3-1-2-4-18(17)26-22(27)32-13-19(28)25-14-9-11-30-12-10-14/h1-8,14,21H,9-13H2,(H,25,28). The van der Waals surface area contributed by atoms with Crippen LogP contribution in [0.25, 0.3) is 16.6 Å². The third kappa shape index (κ3) is 5.25. The van der Waals surface area contributed by atoms with Crippen LogP contribution >= 0.6 is 11.8 Å². The number of carbonyl (C=O) groups is 1. The van der Waals surface area contributed by atoms with Gasteiger partial charge >= 0.3 is 6.61 Å². The summed E-state index contributed by atoms with van der Waals surface area (Å²) in [4.78, 5) is 30.2. The van der Waals surface area contributed by atoms with Crippen LogP contribution in [0.3, 0.4) is 0 Å². The number of carbonyl (C=O) groups excluding carboxylic acids is 1.